The summed E-state index contributed by atoms with van der Waals surface area (Å²) in [5.41, 5.74) is 0.993. The SMILES string of the molecule is CCC(C)C(C#N)(CCN(C)C)Cc1cccc2ccccc12. The minimum atomic E-state index is -0.302. The predicted octanol–water partition coefficient (Wildman–Crippen LogP) is 4.89. The van der Waals surface area contributed by atoms with Gasteiger partial charge in [0.25, 0.3) is 0 Å². The molecule has 2 nitrogen and oxygen atoms in total. The monoisotopic (exact) mass is 308 g/mol. The molecule has 0 amide bonds. The van der Waals surface area contributed by atoms with E-state index in [-0.39, 0.29) is 5.41 Å². The second kappa shape index (κ2) is 7.62. The van der Waals surface area contributed by atoms with Crippen LogP contribution in [-0.2, 0) is 6.42 Å². The second-order valence-corrected chi connectivity index (χ2v) is 6.95. The van der Waals surface area contributed by atoms with Crippen LogP contribution >= 0.6 is 0 Å². The molecule has 2 aromatic carbocycles. The molecule has 2 rings (SSSR count). The van der Waals surface area contributed by atoms with Gasteiger partial charge in [-0.1, -0.05) is 62.7 Å². The molecule has 0 N–H and O–H groups in total. The fourth-order valence-corrected chi connectivity index (χ4v) is 3.31. The van der Waals surface area contributed by atoms with E-state index in [4.69, 9.17) is 0 Å². The van der Waals surface area contributed by atoms with Gasteiger partial charge in [0, 0.05) is 0 Å². The Morgan fingerprint density at radius 2 is 1.83 bits per heavy atom. The van der Waals surface area contributed by atoms with Crippen molar-refractivity contribution in [1.29, 1.82) is 5.26 Å². The molecule has 0 heterocycles. The normalized spacial score (nSPS) is 15.3. The Labute approximate surface area is 140 Å². The Balaban J connectivity index is 2.41. The Morgan fingerprint density at radius 1 is 1.13 bits per heavy atom. The first-order valence-electron chi connectivity index (χ1n) is 8.55. The summed E-state index contributed by atoms with van der Waals surface area (Å²) in [6.07, 6.45) is 2.77. The first-order valence-corrected chi connectivity index (χ1v) is 8.55. The average Bonchev–Trinajstić information content (AvgIpc) is 2.58. The molecule has 0 aliphatic heterocycles. The van der Waals surface area contributed by atoms with Gasteiger partial charge in [-0.3, -0.25) is 0 Å². The molecule has 2 aromatic rings. The molecule has 0 saturated carbocycles. The summed E-state index contributed by atoms with van der Waals surface area (Å²) in [4.78, 5) is 2.18. The fraction of sp³-hybridized carbons (Fsp3) is 0.476. The van der Waals surface area contributed by atoms with Crippen LogP contribution in [0.4, 0.5) is 0 Å². The van der Waals surface area contributed by atoms with Gasteiger partial charge < -0.3 is 4.90 Å². The van der Waals surface area contributed by atoms with Crippen LogP contribution in [0.3, 0.4) is 0 Å². The zero-order valence-electron chi connectivity index (χ0n) is 14.8. The van der Waals surface area contributed by atoms with Gasteiger partial charge in [0.15, 0.2) is 0 Å². The highest BCUT2D eigenvalue weighted by Gasteiger charge is 2.35. The molecular formula is C21H28N2. The quantitative estimate of drug-likeness (QED) is 0.728. The van der Waals surface area contributed by atoms with E-state index in [2.05, 4.69) is 81.4 Å². The molecule has 0 aliphatic rings. The molecule has 0 spiro atoms. The van der Waals surface area contributed by atoms with Gasteiger partial charge in [-0.25, -0.2) is 0 Å². The number of fused-ring (bicyclic) bond motifs is 1. The molecule has 0 aromatic heterocycles. The number of benzene rings is 2. The minimum Gasteiger partial charge on any atom is -0.309 e. The zero-order valence-corrected chi connectivity index (χ0v) is 14.8. The summed E-state index contributed by atoms with van der Waals surface area (Å²) in [5.74, 6) is 0.381. The summed E-state index contributed by atoms with van der Waals surface area (Å²) < 4.78 is 0. The van der Waals surface area contributed by atoms with E-state index in [1.165, 1.54) is 16.3 Å². The average molecular weight is 308 g/mol. The van der Waals surface area contributed by atoms with E-state index in [0.29, 0.717) is 5.92 Å². The Hall–Kier alpha value is -1.85. The molecule has 2 heteroatoms. The minimum absolute atomic E-state index is 0.302. The van der Waals surface area contributed by atoms with Gasteiger partial charge in [0.2, 0.25) is 0 Å². The van der Waals surface area contributed by atoms with Crippen LogP contribution in [-0.4, -0.2) is 25.5 Å². The van der Waals surface area contributed by atoms with Gasteiger partial charge in [-0.2, -0.15) is 5.26 Å². The van der Waals surface area contributed by atoms with Crippen LogP contribution in [0.1, 0.15) is 32.3 Å². The van der Waals surface area contributed by atoms with E-state index < -0.39 is 0 Å². The zero-order chi connectivity index (χ0) is 16.9. The summed E-state index contributed by atoms with van der Waals surface area (Å²) in [6, 6.07) is 17.6. The van der Waals surface area contributed by atoms with Crippen LogP contribution in [0.25, 0.3) is 10.8 Å². The van der Waals surface area contributed by atoms with Gasteiger partial charge >= 0.3 is 0 Å². The highest BCUT2D eigenvalue weighted by Crippen LogP contribution is 2.38. The smallest absolute Gasteiger partial charge is 0.0696 e. The van der Waals surface area contributed by atoms with Crippen molar-refractivity contribution in [2.24, 2.45) is 11.3 Å². The first-order chi connectivity index (χ1) is 11.0. The number of hydrogen-bond donors (Lipinski definition) is 0. The molecular weight excluding hydrogens is 280 g/mol. The fourth-order valence-electron chi connectivity index (χ4n) is 3.31. The standard InChI is InChI=1S/C21H28N2/c1-5-17(2)21(16-22,13-14-23(3)4)15-19-11-8-10-18-9-6-7-12-20(18)19/h6-12,17H,5,13-15H2,1-4H3. The van der Waals surface area contributed by atoms with Gasteiger partial charge in [0.05, 0.1) is 11.5 Å². The maximum absolute atomic E-state index is 10.1. The summed E-state index contributed by atoms with van der Waals surface area (Å²) >= 11 is 0. The van der Waals surface area contributed by atoms with Crippen LogP contribution in [0, 0.1) is 22.7 Å². The lowest BCUT2D eigenvalue weighted by atomic mass is 9.69. The molecule has 0 saturated heterocycles. The molecule has 122 valence electrons. The largest absolute Gasteiger partial charge is 0.309 e. The molecule has 2 atom stereocenters. The number of rotatable bonds is 7. The van der Waals surface area contributed by atoms with Crippen molar-refractivity contribution in [2.45, 2.75) is 33.1 Å². The third-order valence-corrected chi connectivity index (χ3v) is 5.17. The highest BCUT2D eigenvalue weighted by molar-refractivity contribution is 5.85. The summed E-state index contributed by atoms with van der Waals surface area (Å²) in [5, 5.41) is 12.6. The van der Waals surface area contributed by atoms with Crippen LogP contribution in [0.2, 0.25) is 0 Å². The molecule has 0 fully saturated rings. The Bertz CT molecular complexity index is 678. The molecule has 0 aliphatic carbocycles. The third kappa shape index (κ3) is 3.92. The molecule has 23 heavy (non-hydrogen) atoms. The maximum Gasteiger partial charge on any atom is 0.0696 e. The van der Waals surface area contributed by atoms with Crippen molar-refractivity contribution in [2.75, 3.05) is 20.6 Å². The van der Waals surface area contributed by atoms with E-state index in [1.54, 1.807) is 0 Å². The summed E-state index contributed by atoms with van der Waals surface area (Å²) in [6.45, 7) is 5.36. The Kier molecular flexibility index (Phi) is 5.80. The highest BCUT2D eigenvalue weighted by atomic mass is 15.0. The van der Waals surface area contributed by atoms with Crippen molar-refractivity contribution in [3.8, 4) is 6.07 Å². The first kappa shape index (κ1) is 17.5. The van der Waals surface area contributed by atoms with E-state index >= 15 is 0 Å². The third-order valence-electron chi connectivity index (χ3n) is 5.17. The van der Waals surface area contributed by atoms with Crippen LogP contribution in [0.5, 0.6) is 0 Å². The molecule has 0 bridgehead atoms. The van der Waals surface area contributed by atoms with Crippen molar-refractivity contribution in [3.63, 3.8) is 0 Å². The van der Waals surface area contributed by atoms with Crippen molar-refractivity contribution in [1.82, 2.24) is 4.90 Å². The van der Waals surface area contributed by atoms with Gasteiger partial charge in [-0.15, -0.1) is 0 Å². The Morgan fingerprint density at radius 3 is 2.48 bits per heavy atom. The number of hydrogen-bond acceptors (Lipinski definition) is 2. The lowest BCUT2D eigenvalue weighted by Crippen LogP contribution is -2.33. The lowest BCUT2D eigenvalue weighted by molar-refractivity contribution is 0.203. The van der Waals surface area contributed by atoms with Crippen molar-refractivity contribution in [3.05, 3.63) is 48.0 Å². The maximum atomic E-state index is 10.1. The van der Waals surface area contributed by atoms with Gasteiger partial charge in [0.1, 0.15) is 0 Å². The van der Waals surface area contributed by atoms with E-state index in [0.717, 1.165) is 25.8 Å². The van der Waals surface area contributed by atoms with E-state index in [1.807, 2.05) is 0 Å². The number of nitriles is 1. The topological polar surface area (TPSA) is 27.0 Å². The lowest BCUT2D eigenvalue weighted by Gasteiger charge is -2.34. The second-order valence-electron chi connectivity index (χ2n) is 6.95. The molecule has 0 radical (unpaired) electrons. The number of nitrogens with zero attached hydrogens (tertiary/aromatic N) is 2. The van der Waals surface area contributed by atoms with Crippen LogP contribution in [0.15, 0.2) is 42.5 Å². The van der Waals surface area contributed by atoms with Crippen molar-refractivity contribution < 1.29 is 0 Å². The predicted molar refractivity (Wildman–Crippen MR) is 98.3 cm³/mol. The molecule has 2 unspecified atom stereocenters. The summed E-state index contributed by atoms with van der Waals surface area (Å²) in [7, 11) is 4.16. The van der Waals surface area contributed by atoms with E-state index in [9.17, 15) is 5.26 Å². The van der Waals surface area contributed by atoms with Crippen LogP contribution < -0.4 is 0 Å². The van der Waals surface area contributed by atoms with Crippen molar-refractivity contribution >= 4 is 10.8 Å². The van der Waals surface area contributed by atoms with Gasteiger partial charge in [-0.05, 0) is 55.7 Å².